The maximum Gasteiger partial charge on any atom is 0.347 e. The van der Waals surface area contributed by atoms with Gasteiger partial charge in [-0.2, -0.15) is 0 Å². The fourth-order valence-corrected chi connectivity index (χ4v) is 2.28. The maximum absolute atomic E-state index is 11.9. The van der Waals surface area contributed by atoms with E-state index in [1.165, 1.54) is 0 Å². The molecule has 1 N–H and O–H groups in total. The zero-order valence-corrected chi connectivity index (χ0v) is 16.1. The van der Waals surface area contributed by atoms with Gasteiger partial charge in [0.15, 0.2) is 12.7 Å². The van der Waals surface area contributed by atoms with Crippen LogP contribution < -0.4 is 14.8 Å². The van der Waals surface area contributed by atoms with Gasteiger partial charge in [-0.25, -0.2) is 4.79 Å². The summed E-state index contributed by atoms with van der Waals surface area (Å²) < 4.78 is 16.4. The van der Waals surface area contributed by atoms with E-state index in [0.717, 1.165) is 15.8 Å². The maximum atomic E-state index is 11.9. The fraction of sp³-hybridized carbons (Fsp3) is 0.263. The number of amides is 1. The molecule has 0 radical (unpaired) electrons. The number of hydrogen-bond acceptors (Lipinski definition) is 5. The molecule has 0 bridgehead atoms. The summed E-state index contributed by atoms with van der Waals surface area (Å²) in [5, 5.41) is 2.68. The number of nitrogens with one attached hydrogen (secondary N) is 1. The lowest BCUT2D eigenvalue weighted by Gasteiger charge is -2.14. The number of benzene rings is 2. The molecule has 138 valence electrons. The van der Waals surface area contributed by atoms with Gasteiger partial charge < -0.3 is 19.5 Å². The number of methoxy groups -OCH3 is 1. The number of halogens is 1. The first kappa shape index (κ1) is 19.8. The summed E-state index contributed by atoms with van der Waals surface area (Å²) in [4.78, 5) is 23.7. The lowest BCUT2D eigenvalue weighted by Crippen LogP contribution is -2.32. The van der Waals surface area contributed by atoms with Gasteiger partial charge in [-0.05, 0) is 48.9 Å². The van der Waals surface area contributed by atoms with Gasteiger partial charge in [0, 0.05) is 11.0 Å². The molecule has 1 unspecified atom stereocenters. The van der Waals surface area contributed by atoms with Gasteiger partial charge >= 0.3 is 5.97 Å². The molecule has 1 atom stereocenters. The fourth-order valence-electron chi connectivity index (χ4n) is 2.01. The van der Waals surface area contributed by atoms with Crippen molar-refractivity contribution in [3.63, 3.8) is 0 Å². The molecule has 7 heteroatoms. The molecule has 26 heavy (non-hydrogen) atoms. The van der Waals surface area contributed by atoms with Crippen LogP contribution in [-0.4, -0.2) is 31.7 Å². The first-order chi connectivity index (χ1) is 12.5. The Kier molecular flexibility index (Phi) is 7.47. The summed E-state index contributed by atoms with van der Waals surface area (Å²) in [6, 6.07) is 14.4. The molecule has 0 fully saturated rings. The predicted octanol–water partition coefficient (Wildman–Crippen LogP) is 3.08. The van der Waals surface area contributed by atoms with Crippen molar-refractivity contribution in [1.82, 2.24) is 5.32 Å². The monoisotopic (exact) mass is 421 g/mol. The van der Waals surface area contributed by atoms with E-state index >= 15 is 0 Å². The molecule has 2 rings (SSSR count). The second kappa shape index (κ2) is 9.82. The van der Waals surface area contributed by atoms with Crippen molar-refractivity contribution in [3.05, 3.63) is 58.6 Å². The van der Waals surface area contributed by atoms with Crippen LogP contribution in [0, 0.1) is 0 Å². The Morgan fingerprint density at radius 3 is 2.27 bits per heavy atom. The Morgan fingerprint density at radius 2 is 1.65 bits per heavy atom. The van der Waals surface area contributed by atoms with Gasteiger partial charge in [-0.15, -0.1) is 0 Å². The summed E-state index contributed by atoms with van der Waals surface area (Å²) in [5.41, 5.74) is 0.914. The Morgan fingerprint density at radius 1 is 1.04 bits per heavy atom. The predicted molar refractivity (Wildman–Crippen MR) is 100 cm³/mol. The molecule has 0 aliphatic carbocycles. The van der Waals surface area contributed by atoms with E-state index in [0.29, 0.717) is 12.3 Å². The largest absolute Gasteiger partial charge is 0.497 e. The normalized spacial score (nSPS) is 11.3. The van der Waals surface area contributed by atoms with E-state index in [4.69, 9.17) is 14.2 Å². The summed E-state index contributed by atoms with van der Waals surface area (Å²) in [6.45, 7) is 1.55. The minimum Gasteiger partial charge on any atom is -0.497 e. The number of esters is 1. The molecule has 0 aliphatic heterocycles. The molecule has 0 saturated heterocycles. The number of carbonyl (C=O) groups is 2. The van der Waals surface area contributed by atoms with Crippen LogP contribution in [0.25, 0.3) is 0 Å². The molecule has 0 aromatic heterocycles. The van der Waals surface area contributed by atoms with Crippen LogP contribution in [0.3, 0.4) is 0 Å². The third-order valence-electron chi connectivity index (χ3n) is 3.45. The second-order valence-electron chi connectivity index (χ2n) is 5.45. The van der Waals surface area contributed by atoms with Crippen molar-refractivity contribution >= 4 is 27.8 Å². The number of ether oxygens (including phenoxy) is 3. The number of rotatable bonds is 8. The molecule has 0 aliphatic rings. The van der Waals surface area contributed by atoms with Gasteiger partial charge in [0.2, 0.25) is 0 Å². The highest BCUT2D eigenvalue weighted by Gasteiger charge is 2.17. The zero-order valence-electron chi connectivity index (χ0n) is 14.5. The van der Waals surface area contributed by atoms with Gasteiger partial charge in [-0.1, -0.05) is 28.1 Å². The third-order valence-corrected chi connectivity index (χ3v) is 3.98. The third kappa shape index (κ3) is 6.40. The molecule has 0 heterocycles. The van der Waals surface area contributed by atoms with E-state index in [1.807, 2.05) is 24.3 Å². The SMILES string of the molecule is COc1ccc(CNC(=O)COC(=O)C(C)Oc2ccc(Br)cc2)cc1. The molecule has 0 saturated carbocycles. The van der Waals surface area contributed by atoms with Crippen LogP contribution in [-0.2, 0) is 20.9 Å². The van der Waals surface area contributed by atoms with Crippen LogP contribution in [0.2, 0.25) is 0 Å². The van der Waals surface area contributed by atoms with E-state index in [2.05, 4.69) is 21.2 Å². The number of carbonyl (C=O) groups excluding carboxylic acids is 2. The van der Waals surface area contributed by atoms with Crippen molar-refractivity contribution < 1.29 is 23.8 Å². The lowest BCUT2D eigenvalue weighted by molar-refractivity contribution is -0.154. The van der Waals surface area contributed by atoms with Crippen LogP contribution in [0.15, 0.2) is 53.0 Å². The molecular weight excluding hydrogens is 402 g/mol. The van der Waals surface area contributed by atoms with Crippen LogP contribution in [0.5, 0.6) is 11.5 Å². The van der Waals surface area contributed by atoms with Crippen molar-refractivity contribution in [2.45, 2.75) is 19.6 Å². The first-order valence-corrected chi connectivity index (χ1v) is 8.75. The average Bonchev–Trinajstić information content (AvgIpc) is 2.66. The molecule has 2 aromatic rings. The van der Waals surface area contributed by atoms with Crippen molar-refractivity contribution in [1.29, 1.82) is 0 Å². The van der Waals surface area contributed by atoms with Gasteiger partial charge in [0.25, 0.3) is 5.91 Å². The zero-order chi connectivity index (χ0) is 18.9. The summed E-state index contributed by atoms with van der Waals surface area (Å²) in [5.74, 6) is 0.299. The molecule has 6 nitrogen and oxygen atoms in total. The molecular formula is C19H20BrNO5. The highest BCUT2D eigenvalue weighted by atomic mass is 79.9. The quantitative estimate of drug-likeness (QED) is 0.662. The average molecular weight is 422 g/mol. The smallest absolute Gasteiger partial charge is 0.347 e. The topological polar surface area (TPSA) is 73.9 Å². The van der Waals surface area contributed by atoms with Crippen molar-refractivity contribution in [3.8, 4) is 11.5 Å². The molecule has 0 spiro atoms. The Hall–Kier alpha value is -2.54. The summed E-state index contributed by atoms with van der Waals surface area (Å²) in [6.07, 6.45) is -0.814. The Bertz CT molecular complexity index is 731. The van der Waals surface area contributed by atoms with Crippen molar-refractivity contribution in [2.75, 3.05) is 13.7 Å². The Balaban J connectivity index is 1.71. The van der Waals surface area contributed by atoms with Gasteiger partial charge in [0.1, 0.15) is 11.5 Å². The van der Waals surface area contributed by atoms with Gasteiger partial charge in [-0.3, -0.25) is 4.79 Å². The van der Waals surface area contributed by atoms with Crippen molar-refractivity contribution in [2.24, 2.45) is 0 Å². The highest BCUT2D eigenvalue weighted by molar-refractivity contribution is 9.10. The Labute approximate surface area is 160 Å². The highest BCUT2D eigenvalue weighted by Crippen LogP contribution is 2.17. The molecule has 1 amide bonds. The summed E-state index contributed by atoms with van der Waals surface area (Å²) >= 11 is 3.32. The first-order valence-electron chi connectivity index (χ1n) is 7.96. The van der Waals surface area contributed by atoms with Crippen LogP contribution >= 0.6 is 15.9 Å². The van der Waals surface area contributed by atoms with E-state index in [9.17, 15) is 9.59 Å². The standard InChI is InChI=1S/C19H20BrNO5/c1-13(26-17-9-5-15(20)6-10-17)19(23)25-12-18(22)21-11-14-3-7-16(24-2)8-4-14/h3-10,13H,11-12H2,1-2H3,(H,21,22). The number of hydrogen-bond donors (Lipinski definition) is 1. The van der Waals surface area contributed by atoms with Crippen LogP contribution in [0.1, 0.15) is 12.5 Å². The van der Waals surface area contributed by atoms with E-state index in [-0.39, 0.29) is 12.5 Å². The lowest BCUT2D eigenvalue weighted by atomic mass is 10.2. The van der Waals surface area contributed by atoms with E-state index in [1.54, 1.807) is 38.3 Å². The minimum absolute atomic E-state index is 0.339. The van der Waals surface area contributed by atoms with Gasteiger partial charge in [0.05, 0.1) is 7.11 Å². The van der Waals surface area contributed by atoms with Crippen LogP contribution in [0.4, 0.5) is 0 Å². The summed E-state index contributed by atoms with van der Waals surface area (Å²) in [7, 11) is 1.59. The minimum atomic E-state index is -0.814. The molecule has 2 aromatic carbocycles. The van der Waals surface area contributed by atoms with E-state index < -0.39 is 12.1 Å². The second-order valence-corrected chi connectivity index (χ2v) is 6.36.